The summed E-state index contributed by atoms with van der Waals surface area (Å²) in [6.07, 6.45) is 3.23. The smallest absolute Gasteiger partial charge is 0.251 e. The van der Waals surface area contributed by atoms with Crippen molar-refractivity contribution in [1.82, 2.24) is 10.3 Å². The maximum atomic E-state index is 11.8. The molecule has 0 saturated carbocycles. The number of thioether (sulfide) groups is 1. The first-order valence-corrected chi connectivity index (χ1v) is 7.18. The minimum atomic E-state index is -0.0746. The highest BCUT2D eigenvalue weighted by atomic mass is 32.2. The molecule has 0 fully saturated rings. The Labute approximate surface area is 117 Å². The Kier molecular flexibility index (Phi) is 4.98. The third-order valence-corrected chi connectivity index (χ3v) is 3.52. The van der Waals surface area contributed by atoms with Gasteiger partial charge < -0.3 is 5.32 Å². The minimum absolute atomic E-state index is 0.0746. The molecule has 1 heterocycles. The number of carbonyl (C=O) groups is 1. The summed E-state index contributed by atoms with van der Waals surface area (Å²) in [4.78, 5) is 17.0. The van der Waals surface area contributed by atoms with E-state index in [-0.39, 0.29) is 5.91 Å². The fraction of sp³-hybridized carbons (Fsp3) is 0.200. The Hall–Kier alpha value is -1.81. The van der Waals surface area contributed by atoms with Crippen LogP contribution in [0.15, 0.2) is 53.7 Å². The number of hydrogen-bond acceptors (Lipinski definition) is 3. The van der Waals surface area contributed by atoms with Gasteiger partial charge >= 0.3 is 0 Å². The molecule has 0 spiro atoms. The molecule has 0 aliphatic rings. The molecule has 0 unspecified atom stereocenters. The highest BCUT2D eigenvalue weighted by Crippen LogP contribution is 2.17. The fourth-order valence-electron chi connectivity index (χ4n) is 1.66. The van der Waals surface area contributed by atoms with Crippen molar-refractivity contribution in [2.24, 2.45) is 0 Å². The summed E-state index contributed by atoms with van der Waals surface area (Å²) in [6, 6.07) is 11.7. The van der Waals surface area contributed by atoms with E-state index in [2.05, 4.69) is 29.4 Å². The monoisotopic (exact) mass is 272 g/mol. The van der Waals surface area contributed by atoms with Gasteiger partial charge in [-0.15, -0.1) is 11.8 Å². The van der Waals surface area contributed by atoms with Crippen molar-refractivity contribution in [3.8, 4) is 0 Å². The second-order valence-corrected chi connectivity index (χ2v) is 5.33. The lowest BCUT2D eigenvalue weighted by Gasteiger charge is -2.06. The standard InChI is InChI=1S/C15H16N2OS/c1-2-19-14-5-3-12(4-6-14)11-17-15(18)13-7-9-16-10-8-13/h3-10H,2,11H2,1H3,(H,17,18). The topological polar surface area (TPSA) is 42.0 Å². The van der Waals surface area contributed by atoms with Crippen LogP contribution in [0.25, 0.3) is 0 Å². The largest absolute Gasteiger partial charge is 0.348 e. The highest BCUT2D eigenvalue weighted by molar-refractivity contribution is 7.99. The van der Waals surface area contributed by atoms with Crippen LogP contribution in [0.3, 0.4) is 0 Å². The predicted molar refractivity (Wildman–Crippen MR) is 78.2 cm³/mol. The average molecular weight is 272 g/mol. The quantitative estimate of drug-likeness (QED) is 0.850. The van der Waals surface area contributed by atoms with Crippen molar-refractivity contribution >= 4 is 17.7 Å². The SMILES string of the molecule is CCSc1ccc(CNC(=O)c2ccncc2)cc1. The first-order chi connectivity index (χ1) is 9.29. The molecule has 0 atom stereocenters. The highest BCUT2D eigenvalue weighted by Gasteiger charge is 2.04. The maximum Gasteiger partial charge on any atom is 0.251 e. The maximum absolute atomic E-state index is 11.8. The van der Waals surface area contributed by atoms with Crippen LogP contribution >= 0.6 is 11.8 Å². The summed E-state index contributed by atoms with van der Waals surface area (Å²) in [5, 5.41) is 2.89. The number of hydrogen-bond donors (Lipinski definition) is 1. The molecule has 0 saturated heterocycles. The first kappa shape index (κ1) is 13.6. The first-order valence-electron chi connectivity index (χ1n) is 6.19. The zero-order valence-electron chi connectivity index (χ0n) is 10.8. The van der Waals surface area contributed by atoms with Gasteiger partial charge in [0.05, 0.1) is 0 Å². The van der Waals surface area contributed by atoms with Crippen LogP contribution in [-0.4, -0.2) is 16.6 Å². The van der Waals surface area contributed by atoms with Crippen molar-refractivity contribution < 1.29 is 4.79 Å². The van der Waals surface area contributed by atoms with E-state index >= 15 is 0 Å². The summed E-state index contributed by atoms with van der Waals surface area (Å²) in [5.41, 5.74) is 1.73. The van der Waals surface area contributed by atoms with Crippen LogP contribution < -0.4 is 5.32 Å². The van der Waals surface area contributed by atoms with Gasteiger partial charge in [-0.05, 0) is 35.6 Å². The molecular formula is C15H16N2OS. The van der Waals surface area contributed by atoms with Crippen molar-refractivity contribution in [2.75, 3.05) is 5.75 Å². The lowest BCUT2D eigenvalue weighted by molar-refractivity contribution is 0.0951. The normalized spacial score (nSPS) is 10.2. The van der Waals surface area contributed by atoms with Crippen molar-refractivity contribution in [2.45, 2.75) is 18.4 Å². The second-order valence-electron chi connectivity index (χ2n) is 4.00. The molecule has 1 aromatic heterocycles. The van der Waals surface area contributed by atoms with Crippen molar-refractivity contribution in [1.29, 1.82) is 0 Å². The van der Waals surface area contributed by atoms with E-state index < -0.39 is 0 Å². The second kappa shape index (κ2) is 6.95. The molecule has 1 N–H and O–H groups in total. The van der Waals surface area contributed by atoms with Crippen LogP contribution in [0.2, 0.25) is 0 Å². The number of rotatable bonds is 5. The lowest BCUT2D eigenvalue weighted by Crippen LogP contribution is -2.22. The van der Waals surface area contributed by atoms with Crippen LogP contribution in [-0.2, 0) is 6.54 Å². The van der Waals surface area contributed by atoms with Crippen LogP contribution in [0.4, 0.5) is 0 Å². The molecule has 1 amide bonds. The van der Waals surface area contributed by atoms with Gasteiger partial charge in [-0.1, -0.05) is 19.1 Å². The van der Waals surface area contributed by atoms with E-state index in [4.69, 9.17) is 0 Å². The zero-order chi connectivity index (χ0) is 13.5. The van der Waals surface area contributed by atoms with Crippen LogP contribution in [0.1, 0.15) is 22.8 Å². The third-order valence-electron chi connectivity index (χ3n) is 2.63. The fourth-order valence-corrected chi connectivity index (χ4v) is 2.32. The molecule has 2 rings (SSSR count). The van der Waals surface area contributed by atoms with Crippen molar-refractivity contribution in [3.63, 3.8) is 0 Å². The number of benzene rings is 1. The Morgan fingerprint density at radius 3 is 2.47 bits per heavy atom. The molecule has 98 valence electrons. The molecule has 0 aliphatic heterocycles. The Bertz CT molecular complexity index is 526. The van der Waals surface area contributed by atoms with Gasteiger partial charge in [0.1, 0.15) is 0 Å². The van der Waals surface area contributed by atoms with E-state index in [1.165, 1.54) is 4.90 Å². The molecule has 0 aliphatic carbocycles. The summed E-state index contributed by atoms with van der Waals surface area (Å²) in [7, 11) is 0. The number of pyridine rings is 1. The van der Waals surface area contributed by atoms with Gasteiger partial charge in [0.25, 0.3) is 5.91 Å². The van der Waals surface area contributed by atoms with Crippen LogP contribution in [0, 0.1) is 0 Å². The van der Waals surface area contributed by atoms with Crippen molar-refractivity contribution in [3.05, 3.63) is 59.9 Å². The molecule has 19 heavy (non-hydrogen) atoms. The summed E-state index contributed by atoms with van der Waals surface area (Å²) in [5.74, 6) is 0.993. The summed E-state index contributed by atoms with van der Waals surface area (Å²) >= 11 is 1.81. The number of nitrogens with zero attached hydrogens (tertiary/aromatic N) is 1. The van der Waals surface area contributed by atoms with Gasteiger partial charge in [-0.2, -0.15) is 0 Å². The number of aromatic nitrogens is 1. The van der Waals surface area contributed by atoms with E-state index in [0.29, 0.717) is 12.1 Å². The van der Waals surface area contributed by atoms with Gasteiger partial charge in [0, 0.05) is 29.4 Å². The average Bonchev–Trinajstić information content (AvgIpc) is 2.47. The number of carbonyl (C=O) groups excluding carboxylic acids is 1. The third kappa shape index (κ3) is 4.10. The Balaban J connectivity index is 1.90. The summed E-state index contributed by atoms with van der Waals surface area (Å²) in [6.45, 7) is 2.67. The van der Waals surface area contributed by atoms with Gasteiger partial charge in [-0.3, -0.25) is 9.78 Å². The van der Waals surface area contributed by atoms with E-state index in [1.807, 2.05) is 23.9 Å². The van der Waals surface area contributed by atoms with Gasteiger partial charge in [0.15, 0.2) is 0 Å². The number of amides is 1. The van der Waals surface area contributed by atoms with Gasteiger partial charge in [0.2, 0.25) is 0 Å². The van der Waals surface area contributed by atoms with E-state index in [0.717, 1.165) is 11.3 Å². The Morgan fingerprint density at radius 1 is 1.16 bits per heavy atom. The molecule has 3 nitrogen and oxygen atoms in total. The lowest BCUT2D eigenvalue weighted by atomic mass is 10.2. The minimum Gasteiger partial charge on any atom is -0.348 e. The molecular weight excluding hydrogens is 256 g/mol. The molecule has 0 radical (unpaired) electrons. The molecule has 4 heteroatoms. The van der Waals surface area contributed by atoms with Crippen LogP contribution in [0.5, 0.6) is 0 Å². The Morgan fingerprint density at radius 2 is 1.84 bits per heavy atom. The molecule has 2 aromatic rings. The summed E-state index contributed by atoms with van der Waals surface area (Å²) < 4.78 is 0. The van der Waals surface area contributed by atoms with E-state index in [1.54, 1.807) is 24.5 Å². The molecule has 1 aromatic carbocycles. The molecule has 0 bridgehead atoms. The zero-order valence-corrected chi connectivity index (χ0v) is 11.6. The number of nitrogens with one attached hydrogen (secondary N) is 1. The van der Waals surface area contributed by atoms with Gasteiger partial charge in [-0.25, -0.2) is 0 Å². The van der Waals surface area contributed by atoms with E-state index in [9.17, 15) is 4.79 Å². The predicted octanol–water partition coefficient (Wildman–Crippen LogP) is 3.12.